The fraction of sp³-hybridized carbons (Fsp3) is 0.250. The maximum absolute atomic E-state index is 12.9. The Morgan fingerprint density at radius 1 is 1.13 bits per heavy atom. The van der Waals surface area contributed by atoms with Crippen molar-refractivity contribution in [3.05, 3.63) is 59.9 Å². The molecule has 0 aliphatic carbocycles. The minimum absolute atomic E-state index is 0.0237. The maximum atomic E-state index is 12.9. The third kappa shape index (κ3) is 3.50. The highest BCUT2D eigenvalue weighted by Crippen LogP contribution is 2.29. The molecule has 0 saturated carbocycles. The first-order chi connectivity index (χ1) is 14.3. The van der Waals surface area contributed by atoms with Gasteiger partial charge >= 0.3 is 0 Å². The number of hydrogen-bond acceptors (Lipinski definition) is 6. The predicted molar refractivity (Wildman–Crippen MR) is 110 cm³/mol. The van der Waals surface area contributed by atoms with Crippen LogP contribution in [0.2, 0.25) is 0 Å². The smallest absolute Gasteiger partial charge is 0.291 e. The average molecular weight is 427 g/mol. The van der Waals surface area contributed by atoms with E-state index < -0.39 is 15.9 Å². The number of aromatic nitrogens is 3. The Hall–Kier alpha value is -3.40. The molecule has 3 aromatic rings. The summed E-state index contributed by atoms with van der Waals surface area (Å²) in [7, 11) is -2.18. The lowest BCUT2D eigenvalue weighted by Gasteiger charge is -2.22. The minimum atomic E-state index is -3.77. The predicted octanol–water partition coefficient (Wildman–Crippen LogP) is 2.52. The van der Waals surface area contributed by atoms with Crippen molar-refractivity contribution < 1.29 is 17.9 Å². The second kappa shape index (κ2) is 7.45. The maximum Gasteiger partial charge on any atom is 0.291 e. The number of para-hydroxylation sites is 1. The number of benzene rings is 2. The van der Waals surface area contributed by atoms with E-state index in [2.05, 4.69) is 20.1 Å². The van der Waals surface area contributed by atoms with Gasteiger partial charge in [0.1, 0.15) is 10.6 Å². The molecule has 0 bridgehead atoms. The molecule has 9 nitrogen and oxygen atoms in total. The molecule has 2 aromatic carbocycles. The van der Waals surface area contributed by atoms with Gasteiger partial charge in [-0.05, 0) is 35.7 Å². The molecule has 0 saturated heterocycles. The Labute approximate surface area is 174 Å². The fourth-order valence-electron chi connectivity index (χ4n) is 3.33. The molecule has 30 heavy (non-hydrogen) atoms. The highest BCUT2D eigenvalue weighted by atomic mass is 32.2. The molecule has 0 radical (unpaired) electrons. The topological polar surface area (TPSA) is 115 Å². The summed E-state index contributed by atoms with van der Waals surface area (Å²) in [5.74, 6) is 0.178. The van der Waals surface area contributed by atoms with Crippen molar-refractivity contribution in [2.24, 2.45) is 5.92 Å². The monoisotopic (exact) mass is 427 g/mol. The van der Waals surface area contributed by atoms with Crippen molar-refractivity contribution in [2.75, 3.05) is 11.8 Å². The molecule has 0 unspecified atom stereocenters. The first-order valence-corrected chi connectivity index (χ1v) is 10.8. The van der Waals surface area contributed by atoms with Crippen LogP contribution in [0.4, 0.5) is 5.95 Å². The van der Waals surface area contributed by atoms with Crippen LogP contribution in [0.5, 0.6) is 5.75 Å². The van der Waals surface area contributed by atoms with Gasteiger partial charge in [-0.2, -0.15) is 9.67 Å². The molecule has 1 amide bonds. The number of methoxy groups -OCH3 is 1. The van der Waals surface area contributed by atoms with Gasteiger partial charge in [-0.15, -0.1) is 5.10 Å². The molecule has 10 heteroatoms. The van der Waals surface area contributed by atoms with Crippen LogP contribution in [0, 0.1) is 5.92 Å². The van der Waals surface area contributed by atoms with Crippen LogP contribution in [-0.2, 0) is 10.0 Å². The number of amides is 1. The van der Waals surface area contributed by atoms with Gasteiger partial charge in [-0.1, -0.05) is 38.1 Å². The second-order valence-corrected chi connectivity index (χ2v) is 8.86. The van der Waals surface area contributed by atoms with Crippen LogP contribution in [0.3, 0.4) is 0 Å². The SMILES string of the molecule is COc1ccc([C@H](NC(=O)c2nc3n(n2)-c2ccccc2S(=O)(=O)N3)C(C)C)cc1. The molecule has 4 rings (SSSR count). The van der Waals surface area contributed by atoms with Gasteiger partial charge in [0.2, 0.25) is 11.8 Å². The number of rotatable bonds is 5. The fourth-order valence-corrected chi connectivity index (χ4v) is 4.50. The Balaban J connectivity index is 1.64. The number of carbonyl (C=O) groups excluding carboxylic acids is 1. The Bertz CT molecular complexity index is 1200. The van der Waals surface area contributed by atoms with Gasteiger partial charge in [0.15, 0.2) is 0 Å². The van der Waals surface area contributed by atoms with Crippen molar-refractivity contribution >= 4 is 21.9 Å². The molecule has 156 valence electrons. The first-order valence-electron chi connectivity index (χ1n) is 9.34. The van der Waals surface area contributed by atoms with Crippen molar-refractivity contribution in [2.45, 2.75) is 24.8 Å². The number of nitrogens with zero attached hydrogens (tertiary/aromatic N) is 3. The summed E-state index contributed by atoms with van der Waals surface area (Å²) < 4.78 is 33.7. The van der Waals surface area contributed by atoms with E-state index in [0.717, 1.165) is 11.3 Å². The van der Waals surface area contributed by atoms with Gasteiger partial charge in [0, 0.05) is 0 Å². The number of ether oxygens (including phenoxy) is 1. The quantitative estimate of drug-likeness (QED) is 0.647. The molecule has 2 heterocycles. The Kier molecular flexibility index (Phi) is 4.94. The van der Waals surface area contributed by atoms with Crippen LogP contribution in [0.15, 0.2) is 53.4 Å². The van der Waals surface area contributed by atoms with Gasteiger partial charge in [-0.3, -0.25) is 4.79 Å². The van der Waals surface area contributed by atoms with Crippen LogP contribution in [-0.4, -0.2) is 36.2 Å². The average Bonchev–Trinajstić information content (AvgIpc) is 3.15. The van der Waals surface area contributed by atoms with Crippen molar-refractivity contribution in [1.82, 2.24) is 20.1 Å². The lowest BCUT2D eigenvalue weighted by molar-refractivity contribution is 0.0915. The molecule has 1 atom stereocenters. The van der Waals surface area contributed by atoms with E-state index >= 15 is 0 Å². The summed E-state index contributed by atoms with van der Waals surface area (Å²) in [5, 5.41) is 7.18. The number of anilines is 1. The van der Waals surface area contributed by atoms with E-state index in [-0.39, 0.29) is 28.6 Å². The van der Waals surface area contributed by atoms with E-state index in [4.69, 9.17) is 4.74 Å². The lowest BCUT2D eigenvalue weighted by atomic mass is 9.96. The zero-order valence-corrected chi connectivity index (χ0v) is 17.5. The van der Waals surface area contributed by atoms with E-state index in [1.54, 1.807) is 25.3 Å². The normalized spacial score (nSPS) is 14.9. The number of nitrogens with one attached hydrogen (secondary N) is 2. The molecular weight excluding hydrogens is 406 g/mol. The zero-order chi connectivity index (χ0) is 21.5. The Morgan fingerprint density at radius 3 is 2.50 bits per heavy atom. The number of fused-ring (bicyclic) bond motifs is 3. The van der Waals surface area contributed by atoms with Crippen molar-refractivity contribution in [3.63, 3.8) is 0 Å². The van der Waals surface area contributed by atoms with Gasteiger partial charge < -0.3 is 10.1 Å². The molecule has 1 aliphatic rings. The third-order valence-corrected chi connectivity index (χ3v) is 6.22. The van der Waals surface area contributed by atoms with Crippen LogP contribution in [0.25, 0.3) is 5.69 Å². The molecule has 0 spiro atoms. The van der Waals surface area contributed by atoms with Crippen molar-refractivity contribution in [1.29, 1.82) is 0 Å². The summed E-state index contributed by atoms with van der Waals surface area (Å²) in [6.45, 7) is 3.98. The summed E-state index contributed by atoms with van der Waals surface area (Å²) in [6.07, 6.45) is 0. The molecule has 0 fully saturated rings. The van der Waals surface area contributed by atoms with E-state index in [9.17, 15) is 13.2 Å². The zero-order valence-electron chi connectivity index (χ0n) is 16.7. The van der Waals surface area contributed by atoms with Gasteiger partial charge in [-0.25, -0.2) is 13.1 Å². The van der Waals surface area contributed by atoms with Crippen LogP contribution < -0.4 is 14.8 Å². The summed E-state index contributed by atoms with van der Waals surface area (Å²) in [5.41, 5.74) is 1.25. The first kappa shape index (κ1) is 19.9. The number of carbonyl (C=O) groups is 1. The molecular formula is C20H21N5O4S. The highest BCUT2D eigenvalue weighted by molar-refractivity contribution is 7.92. The molecule has 1 aromatic heterocycles. The lowest BCUT2D eigenvalue weighted by Crippen LogP contribution is -2.32. The van der Waals surface area contributed by atoms with Gasteiger partial charge in [0.25, 0.3) is 15.9 Å². The number of sulfonamides is 1. The largest absolute Gasteiger partial charge is 0.497 e. The second-order valence-electron chi connectivity index (χ2n) is 7.21. The highest BCUT2D eigenvalue weighted by Gasteiger charge is 2.31. The summed E-state index contributed by atoms with van der Waals surface area (Å²) in [4.78, 5) is 17.1. The van der Waals surface area contributed by atoms with E-state index in [1.165, 1.54) is 10.7 Å². The minimum Gasteiger partial charge on any atom is -0.497 e. The van der Waals surface area contributed by atoms with E-state index in [1.807, 2.05) is 38.1 Å². The number of hydrogen-bond donors (Lipinski definition) is 2. The van der Waals surface area contributed by atoms with Crippen LogP contribution in [0.1, 0.15) is 36.1 Å². The van der Waals surface area contributed by atoms with Crippen molar-refractivity contribution in [3.8, 4) is 11.4 Å². The summed E-state index contributed by atoms with van der Waals surface area (Å²) in [6, 6.07) is 13.6. The van der Waals surface area contributed by atoms with E-state index in [0.29, 0.717) is 5.69 Å². The standard InChI is InChI=1S/C20H21N5O4S/c1-12(2)17(13-8-10-14(29-3)11-9-13)21-19(26)18-22-20-24-30(27,28)16-7-5-4-6-15(16)25(20)23-18/h4-12,17H,1-3H3,(H,21,26)(H,22,23,24)/t17-/m1/s1. The molecule has 2 N–H and O–H groups in total. The molecule has 1 aliphatic heterocycles. The summed E-state index contributed by atoms with van der Waals surface area (Å²) >= 11 is 0. The van der Waals surface area contributed by atoms with Gasteiger partial charge in [0.05, 0.1) is 18.8 Å². The third-order valence-electron chi connectivity index (χ3n) is 4.85. The van der Waals surface area contributed by atoms with Crippen LogP contribution >= 0.6 is 0 Å². The Morgan fingerprint density at radius 2 is 1.83 bits per heavy atom.